The van der Waals surface area contributed by atoms with Gasteiger partial charge in [0.05, 0.1) is 13.7 Å². The number of guanidine groups is 1. The first-order chi connectivity index (χ1) is 13.7. The highest BCUT2D eigenvalue weighted by Crippen LogP contribution is 2.28. The SMILES string of the molecule is CCOc1cc(CNC(=NC)NCCc2c[nH]c3ccccc23)ccc1OC. The number of para-hydroxylation sites is 1. The lowest BCUT2D eigenvalue weighted by Crippen LogP contribution is -2.37. The smallest absolute Gasteiger partial charge is 0.191 e. The van der Waals surface area contributed by atoms with Gasteiger partial charge in [-0.25, -0.2) is 0 Å². The number of aromatic nitrogens is 1. The quantitative estimate of drug-likeness (QED) is 0.413. The number of nitrogens with zero attached hydrogens (tertiary/aromatic N) is 1. The second kappa shape index (κ2) is 9.69. The zero-order valence-corrected chi connectivity index (χ0v) is 16.7. The van der Waals surface area contributed by atoms with E-state index in [1.807, 2.05) is 31.2 Å². The summed E-state index contributed by atoms with van der Waals surface area (Å²) in [6.45, 7) is 4.01. The highest BCUT2D eigenvalue weighted by Gasteiger charge is 2.07. The highest BCUT2D eigenvalue weighted by atomic mass is 16.5. The van der Waals surface area contributed by atoms with Gasteiger partial charge in [0.2, 0.25) is 0 Å². The van der Waals surface area contributed by atoms with Crippen LogP contribution in [-0.4, -0.2) is 38.3 Å². The van der Waals surface area contributed by atoms with E-state index in [9.17, 15) is 0 Å². The van der Waals surface area contributed by atoms with Crippen LogP contribution in [0.3, 0.4) is 0 Å². The van der Waals surface area contributed by atoms with Crippen molar-refractivity contribution in [3.8, 4) is 11.5 Å². The fourth-order valence-corrected chi connectivity index (χ4v) is 3.16. The van der Waals surface area contributed by atoms with Crippen molar-refractivity contribution in [1.29, 1.82) is 0 Å². The van der Waals surface area contributed by atoms with E-state index >= 15 is 0 Å². The summed E-state index contributed by atoms with van der Waals surface area (Å²) in [7, 11) is 3.43. The predicted octanol–water partition coefficient (Wildman–Crippen LogP) is 3.48. The number of hydrogen-bond acceptors (Lipinski definition) is 3. The lowest BCUT2D eigenvalue weighted by molar-refractivity contribution is 0.310. The Morgan fingerprint density at radius 1 is 1.11 bits per heavy atom. The monoisotopic (exact) mass is 380 g/mol. The molecule has 0 bridgehead atoms. The molecule has 1 heterocycles. The van der Waals surface area contributed by atoms with Crippen LogP contribution in [0.2, 0.25) is 0 Å². The summed E-state index contributed by atoms with van der Waals surface area (Å²) in [4.78, 5) is 7.62. The Balaban J connectivity index is 1.53. The van der Waals surface area contributed by atoms with E-state index in [-0.39, 0.29) is 0 Å². The molecule has 0 radical (unpaired) electrons. The number of hydrogen-bond donors (Lipinski definition) is 3. The van der Waals surface area contributed by atoms with Crippen molar-refractivity contribution in [3.63, 3.8) is 0 Å². The summed E-state index contributed by atoms with van der Waals surface area (Å²) in [5, 5.41) is 7.99. The van der Waals surface area contributed by atoms with E-state index < -0.39 is 0 Å². The molecule has 0 spiro atoms. The molecule has 3 N–H and O–H groups in total. The molecule has 0 saturated heterocycles. The fourth-order valence-electron chi connectivity index (χ4n) is 3.16. The molecule has 0 amide bonds. The molecule has 0 atom stereocenters. The highest BCUT2D eigenvalue weighted by molar-refractivity contribution is 5.83. The maximum absolute atomic E-state index is 5.64. The van der Waals surface area contributed by atoms with Crippen LogP contribution in [0.4, 0.5) is 0 Å². The standard InChI is InChI=1S/C22H28N4O2/c1-4-28-21-13-16(9-10-20(21)27-3)14-26-22(23-2)24-12-11-17-15-25-19-8-6-5-7-18(17)19/h5-10,13,15,25H,4,11-12,14H2,1-3H3,(H2,23,24,26). The Hall–Kier alpha value is -3.15. The second-order valence-electron chi connectivity index (χ2n) is 6.38. The Kier molecular flexibility index (Phi) is 6.78. The number of methoxy groups -OCH3 is 1. The molecule has 2 aromatic carbocycles. The van der Waals surface area contributed by atoms with Crippen LogP contribution in [0.1, 0.15) is 18.1 Å². The minimum atomic E-state index is 0.601. The van der Waals surface area contributed by atoms with Crippen LogP contribution in [-0.2, 0) is 13.0 Å². The lowest BCUT2D eigenvalue weighted by Gasteiger charge is -2.14. The van der Waals surface area contributed by atoms with Crippen LogP contribution in [0.25, 0.3) is 10.9 Å². The number of benzene rings is 2. The van der Waals surface area contributed by atoms with E-state index in [4.69, 9.17) is 9.47 Å². The zero-order chi connectivity index (χ0) is 19.8. The molecule has 0 aliphatic heterocycles. The van der Waals surface area contributed by atoms with Gasteiger partial charge in [0.15, 0.2) is 17.5 Å². The van der Waals surface area contributed by atoms with Crippen molar-refractivity contribution in [2.45, 2.75) is 19.9 Å². The van der Waals surface area contributed by atoms with Gasteiger partial charge in [-0.15, -0.1) is 0 Å². The van der Waals surface area contributed by atoms with Gasteiger partial charge in [-0.05, 0) is 42.7 Å². The van der Waals surface area contributed by atoms with Gasteiger partial charge in [-0.2, -0.15) is 0 Å². The average molecular weight is 380 g/mol. The number of aromatic amines is 1. The molecule has 0 saturated carbocycles. The Morgan fingerprint density at radius 2 is 1.96 bits per heavy atom. The van der Waals surface area contributed by atoms with Gasteiger partial charge in [0.1, 0.15) is 0 Å². The minimum absolute atomic E-state index is 0.601. The summed E-state index contributed by atoms with van der Waals surface area (Å²) < 4.78 is 11.0. The summed E-state index contributed by atoms with van der Waals surface area (Å²) in [6, 6.07) is 14.3. The molecule has 28 heavy (non-hydrogen) atoms. The maximum atomic E-state index is 5.64. The van der Waals surface area contributed by atoms with E-state index in [0.717, 1.165) is 36.0 Å². The first-order valence-electron chi connectivity index (χ1n) is 9.54. The van der Waals surface area contributed by atoms with E-state index in [0.29, 0.717) is 13.2 Å². The second-order valence-corrected chi connectivity index (χ2v) is 6.38. The van der Waals surface area contributed by atoms with Crippen LogP contribution in [0, 0.1) is 0 Å². The third kappa shape index (κ3) is 4.76. The Morgan fingerprint density at radius 3 is 2.75 bits per heavy atom. The van der Waals surface area contributed by atoms with E-state index in [2.05, 4.69) is 45.0 Å². The molecule has 3 aromatic rings. The number of rotatable bonds is 8. The van der Waals surface area contributed by atoms with E-state index in [1.54, 1.807) is 14.2 Å². The van der Waals surface area contributed by atoms with Gasteiger partial charge in [-0.1, -0.05) is 24.3 Å². The summed E-state index contributed by atoms with van der Waals surface area (Å²) in [5.41, 5.74) is 3.57. The predicted molar refractivity (Wildman–Crippen MR) is 114 cm³/mol. The van der Waals surface area contributed by atoms with Gasteiger partial charge in [-0.3, -0.25) is 4.99 Å². The summed E-state index contributed by atoms with van der Waals surface area (Å²) >= 11 is 0. The molecule has 148 valence electrons. The van der Waals surface area contributed by atoms with Crippen LogP contribution in [0.5, 0.6) is 11.5 Å². The molecule has 0 aliphatic carbocycles. The number of nitrogens with one attached hydrogen (secondary N) is 3. The molecule has 1 aromatic heterocycles. The summed E-state index contributed by atoms with van der Waals surface area (Å²) in [5.74, 6) is 2.27. The number of ether oxygens (including phenoxy) is 2. The van der Waals surface area contributed by atoms with Crippen LogP contribution >= 0.6 is 0 Å². The summed E-state index contributed by atoms with van der Waals surface area (Å²) in [6.07, 6.45) is 3.00. The lowest BCUT2D eigenvalue weighted by atomic mass is 10.1. The molecule has 3 rings (SSSR count). The Bertz CT molecular complexity index is 933. The van der Waals surface area contributed by atoms with Crippen molar-refractivity contribution in [1.82, 2.24) is 15.6 Å². The largest absolute Gasteiger partial charge is 0.493 e. The van der Waals surface area contributed by atoms with E-state index in [1.165, 1.54) is 16.5 Å². The van der Waals surface area contributed by atoms with Crippen molar-refractivity contribution >= 4 is 16.9 Å². The van der Waals surface area contributed by atoms with Gasteiger partial charge < -0.3 is 25.1 Å². The molecule has 0 fully saturated rings. The maximum Gasteiger partial charge on any atom is 0.191 e. The molecule has 0 aliphatic rings. The minimum Gasteiger partial charge on any atom is -0.493 e. The topological polar surface area (TPSA) is 70.7 Å². The van der Waals surface area contributed by atoms with Gasteiger partial charge in [0.25, 0.3) is 0 Å². The van der Waals surface area contributed by atoms with Crippen molar-refractivity contribution in [2.75, 3.05) is 27.3 Å². The number of fused-ring (bicyclic) bond motifs is 1. The van der Waals surface area contributed by atoms with Crippen LogP contribution < -0.4 is 20.1 Å². The molecular formula is C22H28N4O2. The third-order valence-electron chi connectivity index (χ3n) is 4.57. The molecular weight excluding hydrogens is 352 g/mol. The van der Waals surface area contributed by atoms with Gasteiger partial charge in [0, 0.05) is 37.2 Å². The molecule has 6 nitrogen and oxygen atoms in total. The molecule has 0 unspecified atom stereocenters. The fraction of sp³-hybridized carbons (Fsp3) is 0.318. The van der Waals surface area contributed by atoms with Crippen molar-refractivity contribution < 1.29 is 9.47 Å². The van der Waals surface area contributed by atoms with Crippen molar-refractivity contribution in [3.05, 3.63) is 59.8 Å². The molecule has 6 heteroatoms. The van der Waals surface area contributed by atoms with Gasteiger partial charge >= 0.3 is 0 Å². The first-order valence-corrected chi connectivity index (χ1v) is 9.54. The number of H-pyrrole nitrogens is 1. The zero-order valence-electron chi connectivity index (χ0n) is 16.7. The normalized spacial score (nSPS) is 11.5. The Labute approximate surface area is 166 Å². The first kappa shape index (κ1) is 19.6. The third-order valence-corrected chi connectivity index (χ3v) is 4.57. The number of aliphatic imine (C=N–C) groups is 1. The van der Waals surface area contributed by atoms with Crippen LogP contribution in [0.15, 0.2) is 53.7 Å². The van der Waals surface area contributed by atoms with Crippen molar-refractivity contribution in [2.24, 2.45) is 4.99 Å². The average Bonchev–Trinajstić information content (AvgIpc) is 3.14.